The lowest BCUT2D eigenvalue weighted by Gasteiger charge is -2.17. The van der Waals surface area contributed by atoms with Crippen LogP contribution < -0.4 is 10.1 Å². The van der Waals surface area contributed by atoms with Crippen molar-refractivity contribution in [3.63, 3.8) is 0 Å². The van der Waals surface area contributed by atoms with Crippen molar-refractivity contribution in [2.75, 3.05) is 12.4 Å². The van der Waals surface area contributed by atoms with E-state index in [2.05, 4.69) is 17.2 Å². The summed E-state index contributed by atoms with van der Waals surface area (Å²) in [5.74, 6) is 0.853. The van der Waals surface area contributed by atoms with Crippen LogP contribution in [0.15, 0.2) is 36.5 Å². The summed E-state index contributed by atoms with van der Waals surface area (Å²) in [6.45, 7) is 4.08. The van der Waals surface area contributed by atoms with Gasteiger partial charge in [-0.05, 0) is 43.2 Å². The fourth-order valence-corrected chi connectivity index (χ4v) is 2.02. The van der Waals surface area contributed by atoms with Crippen LogP contribution in [0, 0.1) is 6.92 Å². The lowest BCUT2D eigenvalue weighted by Crippen LogP contribution is -2.07. The third-order valence-corrected chi connectivity index (χ3v) is 3.26. The fraction of sp³-hybridized carbons (Fsp3) is 0.267. The number of methoxy groups -OCH3 is 1. The Morgan fingerprint density at radius 3 is 2.58 bits per heavy atom. The molecule has 0 radical (unpaired) electrons. The summed E-state index contributed by atoms with van der Waals surface area (Å²) in [6, 6.07) is 10.1. The number of pyridine rings is 1. The van der Waals surface area contributed by atoms with Gasteiger partial charge in [-0.15, -0.1) is 0 Å². The maximum Gasteiger partial charge on any atom is 0.152 e. The lowest BCUT2D eigenvalue weighted by molar-refractivity contribution is 0.414. The van der Waals surface area contributed by atoms with E-state index >= 15 is 0 Å². The number of ether oxygens (including phenoxy) is 1. The number of nitrogens with zero attached hydrogens (tertiary/aromatic N) is 1. The highest BCUT2D eigenvalue weighted by Gasteiger charge is 2.08. The second-order valence-electron chi connectivity index (χ2n) is 4.49. The molecule has 0 aliphatic carbocycles. The Morgan fingerprint density at radius 2 is 1.95 bits per heavy atom. The van der Waals surface area contributed by atoms with Gasteiger partial charge < -0.3 is 10.1 Å². The zero-order chi connectivity index (χ0) is 13.8. The number of benzene rings is 1. The van der Waals surface area contributed by atoms with Crippen LogP contribution in [-0.2, 0) is 0 Å². The first-order chi connectivity index (χ1) is 9.10. The molecule has 0 amide bonds. The van der Waals surface area contributed by atoms with Crippen LogP contribution in [0.1, 0.15) is 24.1 Å². The number of aryl methyl sites for hydroxylation is 1. The number of anilines is 1. The van der Waals surface area contributed by atoms with Crippen molar-refractivity contribution in [3.05, 3.63) is 52.8 Å². The number of halogens is 1. The molecular weight excluding hydrogens is 260 g/mol. The average Bonchev–Trinajstić information content (AvgIpc) is 2.43. The van der Waals surface area contributed by atoms with E-state index in [9.17, 15) is 0 Å². The van der Waals surface area contributed by atoms with E-state index in [4.69, 9.17) is 16.3 Å². The normalized spacial score (nSPS) is 12.0. The first-order valence-corrected chi connectivity index (χ1v) is 6.50. The zero-order valence-corrected chi connectivity index (χ0v) is 12.0. The van der Waals surface area contributed by atoms with E-state index in [0.717, 1.165) is 17.0 Å². The Balaban J connectivity index is 2.15. The molecule has 100 valence electrons. The molecule has 2 aromatic rings. The quantitative estimate of drug-likeness (QED) is 0.849. The van der Waals surface area contributed by atoms with Crippen molar-refractivity contribution < 1.29 is 4.74 Å². The van der Waals surface area contributed by atoms with Crippen LogP contribution >= 0.6 is 11.6 Å². The van der Waals surface area contributed by atoms with Crippen molar-refractivity contribution in [2.45, 2.75) is 19.9 Å². The molecule has 0 spiro atoms. The second-order valence-corrected chi connectivity index (χ2v) is 4.85. The molecule has 1 aromatic carbocycles. The van der Waals surface area contributed by atoms with E-state index in [0.29, 0.717) is 5.15 Å². The summed E-state index contributed by atoms with van der Waals surface area (Å²) >= 11 is 6.08. The Hall–Kier alpha value is -1.74. The molecule has 1 N–H and O–H groups in total. The van der Waals surface area contributed by atoms with Gasteiger partial charge in [0.1, 0.15) is 5.75 Å². The molecule has 19 heavy (non-hydrogen) atoms. The highest BCUT2D eigenvalue weighted by Crippen LogP contribution is 2.26. The molecule has 4 heteroatoms. The van der Waals surface area contributed by atoms with Crippen LogP contribution in [0.5, 0.6) is 5.75 Å². The predicted molar refractivity (Wildman–Crippen MR) is 79.0 cm³/mol. The van der Waals surface area contributed by atoms with Crippen LogP contribution in [0.25, 0.3) is 0 Å². The van der Waals surface area contributed by atoms with Crippen molar-refractivity contribution in [1.82, 2.24) is 4.98 Å². The predicted octanol–water partition coefficient (Wildman–Crippen LogP) is 4.23. The summed E-state index contributed by atoms with van der Waals surface area (Å²) in [5, 5.41) is 3.86. The van der Waals surface area contributed by atoms with E-state index in [1.807, 2.05) is 37.3 Å². The molecule has 1 atom stereocenters. The van der Waals surface area contributed by atoms with Gasteiger partial charge in [0, 0.05) is 12.2 Å². The molecule has 1 heterocycles. The highest BCUT2D eigenvalue weighted by atomic mass is 35.5. The Morgan fingerprint density at radius 1 is 1.26 bits per heavy atom. The molecule has 0 bridgehead atoms. The Bertz CT molecular complexity index is 555. The van der Waals surface area contributed by atoms with E-state index in [1.165, 1.54) is 5.56 Å². The number of hydrogen-bond donors (Lipinski definition) is 1. The lowest BCUT2D eigenvalue weighted by atomic mass is 10.1. The molecule has 0 aliphatic heterocycles. The average molecular weight is 277 g/mol. The van der Waals surface area contributed by atoms with Gasteiger partial charge in [0.25, 0.3) is 0 Å². The third kappa shape index (κ3) is 3.38. The van der Waals surface area contributed by atoms with Gasteiger partial charge in [0.05, 0.1) is 12.8 Å². The minimum atomic E-state index is 0.145. The molecule has 3 nitrogen and oxygen atoms in total. The van der Waals surface area contributed by atoms with Crippen molar-refractivity contribution in [1.29, 1.82) is 0 Å². The molecule has 1 unspecified atom stereocenters. The van der Waals surface area contributed by atoms with Gasteiger partial charge in [-0.2, -0.15) is 0 Å². The molecule has 0 saturated heterocycles. The summed E-state index contributed by atoms with van der Waals surface area (Å²) < 4.78 is 5.15. The van der Waals surface area contributed by atoms with E-state index in [1.54, 1.807) is 13.3 Å². The van der Waals surface area contributed by atoms with Crippen LogP contribution in [-0.4, -0.2) is 12.1 Å². The first-order valence-electron chi connectivity index (χ1n) is 6.13. The summed E-state index contributed by atoms with van der Waals surface area (Å²) in [7, 11) is 1.66. The number of rotatable bonds is 4. The van der Waals surface area contributed by atoms with Gasteiger partial charge in [0.15, 0.2) is 5.15 Å². The number of nitrogens with one attached hydrogen (secondary N) is 1. The summed E-state index contributed by atoms with van der Waals surface area (Å²) in [5.41, 5.74) is 3.09. The number of aromatic nitrogens is 1. The molecule has 0 aliphatic rings. The van der Waals surface area contributed by atoms with Gasteiger partial charge in [-0.3, -0.25) is 0 Å². The molecule has 1 aromatic heterocycles. The van der Waals surface area contributed by atoms with Crippen LogP contribution in [0.3, 0.4) is 0 Å². The fourth-order valence-electron chi connectivity index (χ4n) is 1.86. The van der Waals surface area contributed by atoms with Crippen molar-refractivity contribution >= 4 is 17.3 Å². The summed E-state index contributed by atoms with van der Waals surface area (Å²) in [6.07, 6.45) is 1.76. The molecule has 2 rings (SSSR count). The van der Waals surface area contributed by atoms with Gasteiger partial charge in [-0.1, -0.05) is 23.7 Å². The van der Waals surface area contributed by atoms with Gasteiger partial charge >= 0.3 is 0 Å². The van der Waals surface area contributed by atoms with Crippen molar-refractivity contribution in [3.8, 4) is 5.75 Å². The van der Waals surface area contributed by atoms with Crippen LogP contribution in [0.4, 0.5) is 5.69 Å². The number of hydrogen-bond acceptors (Lipinski definition) is 3. The molecule has 0 fully saturated rings. The highest BCUT2D eigenvalue weighted by molar-refractivity contribution is 6.31. The maximum atomic E-state index is 6.08. The SMILES string of the molecule is COc1ccc(C(C)Nc2cc(C)cnc2Cl)cc1. The van der Waals surface area contributed by atoms with Crippen LogP contribution in [0.2, 0.25) is 5.15 Å². The Kier molecular flexibility index (Phi) is 4.27. The topological polar surface area (TPSA) is 34.1 Å². The van der Waals surface area contributed by atoms with Gasteiger partial charge in [-0.25, -0.2) is 4.98 Å². The summed E-state index contributed by atoms with van der Waals surface area (Å²) in [4.78, 5) is 4.14. The zero-order valence-electron chi connectivity index (χ0n) is 11.3. The standard InChI is InChI=1S/C15H17ClN2O/c1-10-8-14(15(16)17-9-10)18-11(2)12-4-6-13(19-3)7-5-12/h4-9,11,18H,1-3H3. The monoisotopic (exact) mass is 276 g/mol. The first kappa shape index (κ1) is 13.7. The minimum Gasteiger partial charge on any atom is -0.497 e. The van der Waals surface area contributed by atoms with Gasteiger partial charge in [0.2, 0.25) is 0 Å². The second kappa shape index (κ2) is 5.93. The Labute approximate surface area is 118 Å². The van der Waals surface area contributed by atoms with Crippen molar-refractivity contribution in [2.24, 2.45) is 0 Å². The van der Waals surface area contributed by atoms with E-state index < -0.39 is 0 Å². The smallest absolute Gasteiger partial charge is 0.152 e. The maximum absolute atomic E-state index is 6.08. The van der Waals surface area contributed by atoms with E-state index in [-0.39, 0.29) is 6.04 Å². The molecule has 0 saturated carbocycles. The molecular formula is C15H17ClN2O. The third-order valence-electron chi connectivity index (χ3n) is 2.96. The minimum absolute atomic E-state index is 0.145. The largest absolute Gasteiger partial charge is 0.497 e.